The number of hydrogen-bond acceptors (Lipinski definition) is 4. The van der Waals surface area contributed by atoms with E-state index in [1.165, 1.54) is 25.3 Å². The third kappa shape index (κ3) is 3.04. The van der Waals surface area contributed by atoms with Gasteiger partial charge in [0.2, 0.25) is 0 Å². The number of piperidine rings is 1. The third-order valence-corrected chi connectivity index (χ3v) is 4.07. The molecule has 0 aliphatic carbocycles. The largest absolute Gasteiger partial charge is 0.398 e. The van der Waals surface area contributed by atoms with E-state index in [2.05, 4.69) is 18.7 Å². The first-order valence-corrected chi connectivity index (χ1v) is 6.77. The number of nitro groups is 1. The molecule has 0 aromatic heterocycles. The van der Waals surface area contributed by atoms with Crippen molar-refractivity contribution >= 4 is 11.4 Å². The van der Waals surface area contributed by atoms with Crippen LogP contribution in [0.4, 0.5) is 11.4 Å². The monoisotopic (exact) mass is 263 g/mol. The van der Waals surface area contributed by atoms with Crippen molar-refractivity contribution in [2.45, 2.75) is 51.7 Å². The van der Waals surface area contributed by atoms with Crippen molar-refractivity contribution in [1.29, 1.82) is 0 Å². The van der Waals surface area contributed by atoms with Crippen molar-refractivity contribution < 1.29 is 4.92 Å². The Balaban J connectivity index is 2.21. The van der Waals surface area contributed by atoms with Gasteiger partial charge in [-0.2, -0.15) is 0 Å². The molecule has 104 valence electrons. The van der Waals surface area contributed by atoms with E-state index in [0.29, 0.717) is 24.3 Å². The van der Waals surface area contributed by atoms with E-state index in [0.717, 1.165) is 5.56 Å². The van der Waals surface area contributed by atoms with Crippen LogP contribution in [0.1, 0.15) is 38.7 Å². The smallest absolute Gasteiger partial charge is 0.269 e. The van der Waals surface area contributed by atoms with Crippen LogP contribution in [0.5, 0.6) is 0 Å². The molecule has 1 aliphatic heterocycles. The maximum atomic E-state index is 10.8. The summed E-state index contributed by atoms with van der Waals surface area (Å²) in [7, 11) is 0. The molecule has 2 unspecified atom stereocenters. The summed E-state index contributed by atoms with van der Waals surface area (Å²) in [6.07, 6.45) is 3.61. The summed E-state index contributed by atoms with van der Waals surface area (Å²) in [6, 6.07) is 5.70. The van der Waals surface area contributed by atoms with Crippen LogP contribution in [0.25, 0.3) is 0 Å². The van der Waals surface area contributed by atoms with E-state index in [4.69, 9.17) is 5.73 Å². The minimum absolute atomic E-state index is 0.113. The summed E-state index contributed by atoms with van der Waals surface area (Å²) in [5, 5.41) is 10.8. The fraction of sp³-hybridized carbons (Fsp3) is 0.571. The molecule has 1 aromatic rings. The number of nitrogen functional groups attached to an aromatic ring is 1. The van der Waals surface area contributed by atoms with E-state index in [9.17, 15) is 10.1 Å². The zero-order valence-corrected chi connectivity index (χ0v) is 11.5. The van der Waals surface area contributed by atoms with Gasteiger partial charge in [-0.15, -0.1) is 0 Å². The Labute approximate surface area is 113 Å². The molecular weight excluding hydrogens is 242 g/mol. The lowest BCUT2D eigenvalue weighted by Gasteiger charge is -2.39. The highest BCUT2D eigenvalue weighted by Gasteiger charge is 2.25. The summed E-state index contributed by atoms with van der Waals surface area (Å²) in [4.78, 5) is 12.9. The second-order valence-electron chi connectivity index (χ2n) is 5.44. The van der Waals surface area contributed by atoms with Crippen LogP contribution in [0.15, 0.2) is 18.2 Å². The first kappa shape index (κ1) is 13.8. The molecule has 1 fully saturated rings. The number of nitrogens with zero attached hydrogens (tertiary/aromatic N) is 2. The fourth-order valence-electron chi connectivity index (χ4n) is 2.83. The Morgan fingerprint density at radius 1 is 1.37 bits per heavy atom. The summed E-state index contributed by atoms with van der Waals surface area (Å²) >= 11 is 0. The highest BCUT2D eigenvalue weighted by molar-refractivity contribution is 5.52. The van der Waals surface area contributed by atoms with Gasteiger partial charge in [0, 0.05) is 36.4 Å². The molecule has 5 nitrogen and oxygen atoms in total. The Hall–Kier alpha value is -1.62. The Bertz CT molecular complexity index is 466. The molecule has 0 radical (unpaired) electrons. The summed E-state index contributed by atoms with van der Waals surface area (Å²) < 4.78 is 0. The summed E-state index contributed by atoms with van der Waals surface area (Å²) in [5.74, 6) is 0. The minimum atomic E-state index is -0.369. The minimum Gasteiger partial charge on any atom is -0.398 e. The number of nitro benzene ring substituents is 1. The maximum Gasteiger partial charge on any atom is 0.269 e. The molecule has 1 aliphatic rings. The van der Waals surface area contributed by atoms with Crippen LogP contribution in [-0.2, 0) is 6.54 Å². The molecule has 0 amide bonds. The first-order valence-electron chi connectivity index (χ1n) is 6.77. The predicted molar refractivity (Wildman–Crippen MR) is 75.8 cm³/mol. The molecule has 0 spiro atoms. The molecule has 1 saturated heterocycles. The zero-order valence-electron chi connectivity index (χ0n) is 11.5. The quantitative estimate of drug-likeness (QED) is 0.517. The van der Waals surface area contributed by atoms with Gasteiger partial charge in [-0.3, -0.25) is 15.0 Å². The van der Waals surface area contributed by atoms with Crippen LogP contribution in [-0.4, -0.2) is 21.9 Å². The number of hydrogen-bond donors (Lipinski definition) is 1. The van der Waals surface area contributed by atoms with Gasteiger partial charge in [0.1, 0.15) is 0 Å². The average molecular weight is 263 g/mol. The summed E-state index contributed by atoms with van der Waals surface area (Å²) in [6.45, 7) is 5.11. The zero-order chi connectivity index (χ0) is 14.0. The van der Waals surface area contributed by atoms with Crippen LogP contribution in [0.2, 0.25) is 0 Å². The van der Waals surface area contributed by atoms with Gasteiger partial charge in [0.05, 0.1) is 4.92 Å². The van der Waals surface area contributed by atoms with Gasteiger partial charge >= 0.3 is 0 Å². The number of non-ortho nitro benzene ring substituents is 1. The number of nitrogens with two attached hydrogens (primary N) is 1. The molecule has 2 N–H and O–H groups in total. The van der Waals surface area contributed by atoms with Crippen LogP contribution in [0, 0.1) is 10.1 Å². The van der Waals surface area contributed by atoms with Crippen molar-refractivity contribution in [3.05, 3.63) is 33.9 Å². The molecule has 19 heavy (non-hydrogen) atoms. The normalized spacial score (nSPS) is 24.3. The van der Waals surface area contributed by atoms with Gasteiger partial charge in [0.15, 0.2) is 0 Å². The van der Waals surface area contributed by atoms with Crippen molar-refractivity contribution in [2.24, 2.45) is 0 Å². The van der Waals surface area contributed by atoms with Gasteiger partial charge in [-0.05, 0) is 38.3 Å². The maximum absolute atomic E-state index is 10.8. The fourth-order valence-corrected chi connectivity index (χ4v) is 2.83. The van der Waals surface area contributed by atoms with Crippen molar-refractivity contribution in [2.75, 3.05) is 5.73 Å². The topological polar surface area (TPSA) is 72.4 Å². The first-order chi connectivity index (χ1) is 8.99. The van der Waals surface area contributed by atoms with E-state index >= 15 is 0 Å². The van der Waals surface area contributed by atoms with E-state index in [1.54, 1.807) is 12.1 Å². The second kappa shape index (κ2) is 5.57. The molecule has 2 atom stereocenters. The number of likely N-dealkylation sites (tertiary alicyclic amines) is 1. The lowest BCUT2D eigenvalue weighted by Crippen LogP contribution is -2.43. The average Bonchev–Trinajstić information content (AvgIpc) is 2.35. The van der Waals surface area contributed by atoms with Crippen molar-refractivity contribution in [3.63, 3.8) is 0 Å². The van der Waals surface area contributed by atoms with Gasteiger partial charge in [-0.1, -0.05) is 6.42 Å². The van der Waals surface area contributed by atoms with Crippen LogP contribution < -0.4 is 5.73 Å². The lowest BCUT2D eigenvalue weighted by atomic mass is 9.96. The standard InChI is InChI=1S/C14H21N3O2/c1-10-4-3-5-11(2)16(10)9-12-8-13(17(18)19)6-7-14(12)15/h6-8,10-11H,3-5,9,15H2,1-2H3. The highest BCUT2D eigenvalue weighted by atomic mass is 16.6. The summed E-state index contributed by atoms with van der Waals surface area (Å²) in [5.41, 5.74) is 7.55. The predicted octanol–water partition coefficient (Wildman–Crippen LogP) is 2.94. The Morgan fingerprint density at radius 2 is 2.00 bits per heavy atom. The van der Waals surface area contributed by atoms with Crippen molar-refractivity contribution in [1.82, 2.24) is 4.90 Å². The third-order valence-electron chi connectivity index (χ3n) is 4.07. The Kier molecular flexibility index (Phi) is 4.04. The molecule has 1 heterocycles. The van der Waals surface area contributed by atoms with Crippen LogP contribution >= 0.6 is 0 Å². The van der Waals surface area contributed by atoms with E-state index in [-0.39, 0.29) is 10.6 Å². The van der Waals surface area contributed by atoms with Gasteiger partial charge < -0.3 is 5.73 Å². The SMILES string of the molecule is CC1CCCC(C)N1Cc1cc([N+](=O)[O-])ccc1N. The number of anilines is 1. The molecule has 1 aromatic carbocycles. The van der Waals surface area contributed by atoms with E-state index < -0.39 is 0 Å². The van der Waals surface area contributed by atoms with Gasteiger partial charge in [0.25, 0.3) is 5.69 Å². The van der Waals surface area contributed by atoms with Crippen molar-refractivity contribution in [3.8, 4) is 0 Å². The highest BCUT2D eigenvalue weighted by Crippen LogP contribution is 2.27. The molecule has 2 rings (SSSR count). The molecule has 5 heteroatoms. The van der Waals surface area contributed by atoms with Crippen LogP contribution in [0.3, 0.4) is 0 Å². The van der Waals surface area contributed by atoms with Gasteiger partial charge in [-0.25, -0.2) is 0 Å². The molecule has 0 bridgehead atoms. The molecule has 0 saturated carbocycles. The second-order valence-corrected chi connectivity index (χ2v) is 5.44. The Morgan fingerprint density at radius 3 is 2.58 bits per heavy atom. The van der Waals surface area contributed by atoms with E-state index in [1.807, 2.05) is 0 Å². The number of benzene rings is 1. The molecular formula is C14H21N3O2. The number of rotatable bonds is 3. The lowest BCUT2D eigenvalue weighted by molar-refractivity contribution is -0.384.